The second-order valence-corrected chi connectivity index (χ2v) is 9.33. The van der Waals surface area contributed by atoms with E-state index in [-0.39, 0.29) is 42.3 Å². The van der Waals surface area contributed by atoms with E-state index in [1.165, 1.54) is 19.2 Å². The molecule has 3 aliphatic rings. The molecule has 2 saturated heterocycles. The number of ether oxygens (including phenoxy) is 1. The van der Waals surface area contributed by atoms with Crippen LogP contribution < -0.4 is 15.8 Å². The summed E-state index contributed by atoms with van der Waals surface area (Å²) in [5.41, 5.74) is 5.05. The van der Waals surface area contributed by atoms with Crippen molar-refractivity contribution in [2.24, 2.45) is 23.5 Å². The number of methoxy groups -OCH3 is 1. The predicted octanol–water partition coefficient (Wildman–Crippen LogP) is 1.57. The van der Waals surface area contributed by atoms with Crippen LogP contribution in [0.25, 0.3) is 11.3 Å². The Balaban J connectivity index is 1.43. The number of likely N-dealkylation sites (tertiary alicyclic amines) is 1. The van der Waals surface area contributed by atoms with E-state index in [1.54, 1.807) is 4.90 Å². The molecule has 4 heterocycles. The van der Waals surface area contributed by atoms with Crippen LogP contribution in [0.3, 0.4) is 0 Å². The number of rotatable bonds is 5. The van der Waals surface area contributed by atoms with Gasteiger partial charge < -0.3 is 20.7 Å². The van der Waals surface area contributed by atoms with Gasteiger partial charge in [0.2, 0.25) is 11.8 Å². The zero-order chi connectivity index (χ0) is 24.3. The number of hydrogen-bond donors (Lipinski definition) is 3. The molecule has 2 aromatic heterocycles. The summed E-state index contributed by atoms with van der Waals surface area (Å²) in [7, 11) is 1.40. The van der Waals surface area contributed by atoms with E-state index >= 15 is 0 Å². The van der Waals surface area contributed by atoms with Gasteiger partial charge in [-0.15, -0.1) is 0 Å². The van der Waals surface area contributed by atoms with E-state index in [1.807, 2.05) is 0 Å². The van der Waals surface area contributed by atoms with Gasteiger partial charge in [0.1, 0.15) is 5.69 Å². The third kappa shape index (κ3) is 3.60. The van der Waals surface area contributed by atoms with Crippen LogP contribution in [0.1, 0.15) is 29.8 Å². The Morgan fingerprint density at radius 2 is 2.06 bits per heavy atom. The first kappa shape index (κ1) is 22.6. The van der Waals surface area contributed by atoms with Crippen LogP contribution in [0.5, 0.6) is 5.88 Å². The molecule has 4 unspecified atom stereocenters. The number of H-pyrrole nitrogens is 1. The molecule has 4 N–H and O–H groups in total. The first-order chi connectivity index (χ1) is 16.2. The predicted molar refractivity (Wildman–Crippen MR) is 113 cm³/mol. The van der Waals surface area contributed by atoms with Gasteiger partial charge in [0.25, 0.3) is 11.8 Å². The van der Waals surface area contributed by atoms with Crippen LogP contribution >= 0.6 is 0 Å². The summed E-state index contributed by atoms with van der Waals surface area (Å²) >= 11 is 0. The van der Waals surface area contributed by atoms with Gasteiger partial charge >= 0.3 is 0 Å². The summed E-state index contributed by atoms with van der Waals surface area (Å²) in [5, 5.41) is 9.45. The number of hydrogen-bond acceptors (Lipinski definition) is 6. The highest BCUT2D eigenvalue weighted by Crippen LogP contribution is 2.61. The molecule has 0 bridgehead atoms. The van der Waals surface area contributed by atoms with Crippen LogP contribution in [0.4, 0.5) is 13.2 Å². The number of alkyl halides is 2. The van der Waals surface area contributed by atoms with Crippen LogP contribution in [0.2, 0.25) is 0 Å². The number of pyridine rings is 1. The fourth-order valence-corrected chi connectivity index (χ4v) is 5.63. The highest BCUT2D eigenvalue weighted by Gasteiger charge is 2.68. The van der Waals surface area contributed by atoms with Crippen molar-refractivity contribution >= 4 is 11.8 Å². The van der Waals surface area contributed by atoms with Gasteiger partial charge in [-0.05, 0) is 31.2 Å². The second-order valence-electron chi connectivity index (χ2n) is 9.33. The van der Waals surface area contributed by atoms with Crippen molar-refractivity contribution in [1.29, 1.82) is 0 Å². The van der Waals surface area contributed by atoms with Crippen LogP contribution in [-0.2, 0) is 4.79 Å². The molecule has 1 aliphatic carbocycles. The molecular formula is C22H25F3N6O3. The summed E-state index contributed by atoms with van der Waals surface area (Å²) in [6.07, 6.45) is 1.98. The van der Waals surface area contributed by atoms with Gasteiger partial charge in [0, 0.05) is 42.1 Å². The fraction of sp³-hybridized carbons (Fsp3) is 0.545. The van der Waals surface area contributed by atoms with Crippen molar-refractivity contribution in [3.8, 4) is 17.1 Å². The standard InChI is InChI=1S/C22H25F3N6O3/c1-34-18-4-12(15(23)9-28-18)16-5-17(30-29-16)20(33)31-3-2-11(19(26)32)6-21(31)7-13(21)14-8-27-10-22(14,24)25/h4-5,9,11,13-14,27H,2-3,6-8,10H2,1H3,(H2,26,32)(H,29,30). The Bertz CT molecular complexity index is 1140. The molecule has 34 heavy (non-hydrogen) atoms. The second kappa shape index (κ2) is 7.97. The molecule has 1 saturated carbocycles. The van der Waals surface area contributed by atoms with Crippen molar-refractivity contribution in [2.45, 2.75) is 30.7 Å². The zero-order valence-corrected chi connectivity index (χ0v) is 18.5. The molecule has 0 radical (unpaired) electrons. The third-order valence-electron chi connectivity index (χ3n) is 7.47. The highest BCUT2D eigenvalue weighted by atomic mass is 19.3. The van der Waals surface area contributed by atoms with E-state index < -0.39 is 53.4 Å². The van der Waals surface area contributed by atoms with Crippen LogP contribution in [-0.4, -0.2) is 70.1 Å². The molecule has 5 rings (SSSR count). The molecule has 2 aliphatic heterocycles. The number of piperidine rings is 1. The van der Waals surface area contributed by atoms with Crippen molar-refractivity contribution in [3.63, 3.8) is 0 Å². The molecular weight excluding hydrogens is 453 g/mol. The highest BCUT2D eigenvalue weighted by molar-refractivity contribution is 5.94. The third-order valence-corrected chi connectivity index (χ3v) is 7.47. The quantitative estimate of drug-likeness (QED) is 0.599. The molecule has 4 atom stereocenters. The lowest BCUT2D eigenvalue weighted by Gasteiger charge is -2.41. The number of carbonyl (C=O) groups excluding carboxylic acids is 2. The molecule has 1 spiro atoms. The van der Waals surface area contributed by atoms with Crippen molar-refractivity contribution in [3.05, 3.63) is 29.8 Å². The number of aromatic nitrogens is 3. The maximum absolute atomic E-state index is 14.5. The smallest absolute Gasteiger partial charge is 0.272 e. The first-order valence-corrected chi connectivity index (χ1v) is 11.1. The van der Waals surface area contributed by atoms with E-state index in [0.717, 1.165) is 6.20 Å². The van der Waals surface area contributed by atoms with E-state index in [2.05, 4.69) is 20.5 Å². The number of nitrogens with zero attached hydrogens (tertiary/aromatic N) is 3. The maximum Gasteiger partial charge on any atom is 0.272 e. The summed E-state index contributed by atoms with van der Waals surface area (Å²) in [5.74, 6) is -6.11. The van der Waals surface area contributed by atoms with Crippen molar-refractivity contribution in [2.75, 3.05) is 26.7 Å². The number of primary amides is 1. The minimum absolute atomic E-state index is 0.101. The zero-order valence-electron chi connectivity index (χ0n) is 18.5. The topological polar surface area (TPSA) is 126 Å². The Morgan fingerprint density at radius 3 is 2.74 bits per heavy atom. The summed E-state index contributed by atoms with van der Waals surface area (Å²) in [6.45, 7) is -0.0389. The minimum atomic E-state index is -2.89. The number of nitrogens with two attached hydrogens (primary N) is 1. The Labute approximate surface area is 193 Å². The van der Waals surface area contributed by atoms with Crippen LogP contribution in [0.15, 0.2) is 18.3 Å². The van der Waals surface area contributed by atoms with Gasteiger partial charge in [0.05, 0.1) is 25.5 Å². The number of amides is 2. The molecule has 2 aromatic rings. The van der Waals surface area contributed by atoms with Gasteiger partial charge in [-0.3, -0.25) is 14.7 Å². The van der Waals surface area contributed by atoms with Crippen molar-refractivity contribution in [1.82, 2.24) is 25.4 Å². The SMILES string of the molecule is COc1cc(-c2cc(C(=O)N3CCC(C(N)=O)CC34CC4C3CNCC3(F)F)[nH]n2)c(F)cn1. The number of nitrogens with one attached hydrogen (secondary N) is 2. The maximum atomic E-state index is 14.5. The molecule has 2 amide bonds. The first-order valence-electron chi connectivity index (χ1n) is 11.1. The lowest BCUT2D eigenvalue weighted by atomic mass is 9.84. The molecule has 12 heteroatoms. The van der Waals surface area contributed by atoms with Gasteiger partial charge in [0.15, 0.2) is 5.82 Å². The summed E-state index contributed by atoms with van der Waals surface area (Å²) in [6, 6.07) is 2.78. The largest absolute Gasteiger partial charge is 0.481 e. The molecule has 182 valence electrons. The van der Waals surface area contributed by atoms with E-state index in [9.17, 15) is 22.8 Å². The molecule has 9 nitrogen and oxygen atoms in total. The minimum Gasteiger partial charge on any atom is -0.481 e. The number of aromatic amines is 1. The number of halogens is 3. The van der Waals surface area contributed by atoms with Gasteiger partial charge in [-0.25, -0.2) is 18.2 Å². The summed E-state index contributed by atoms with van der Waals surface area (Å²) < 4.78 is 48.4. The normalized spacial score (nSPS) is 29.9. The average Bonchev–Trinajstić information content (AvgIpc) is 3.13. The Kier molecular flexibility index (Phi) is 5.30. The van der Waals surface area contributed by atoms with Gasteiger partial charge in [-0.1, -0.05) is 0 Å². The lowest BCUT2D eigenvalue weighted by molar-refractivity contribution is -0.124. The Hall–Kier alpha value is -3.15. The molecule has 0 aromatic carbocycles. The average molecular weight is 478 g/mol. The van der Waals surface area contributed by atoms with Crippen molar-refractivity contribution < 1.29 is 27.5 Å². The van der Waals surface area contributed by atoms with Crippen LogP contribution in [0, 0.1) is 23.6 Å². The monoisotopic (exact) mass is 478 g/mol. The lowest BCUT2D eigenvalue weighted by Crippen LogP contribution is -2.52. The van der Waals surface area contributed by atoms with E-state index in [0.29, 0.717) is 12.8 Å². The van der Waals surface area contributed by atoms with Gasteiger partial charge in [-0.2, -0.15) is 5.10 Å². The van der Waals surface area contributed by atoms with E-state index in [4.69, 9.17) is 10.5 Å². The molecule has 3 fully saturated rings. The fourth-order valence-electron chi connectivity index (χ4n) is 5.63. The number of carbonyl (C=O) groups is 2. The summed E-state index contributed by atoms with van der Waals surface area (Å²) in [4.78, 5) is 30.8. The Morgan fingerprint density at radius 1 is 1.26 bits per heavy atom.